The van der Waals surface area contributed by atoms with Gasteiger partial charge in [0, 0.05) is 18.7 Å². The highest BCUT2D eigenvalue weighted by atomic mass is 16.6. The maximum atomic E-state index is 14.4. The van der Waals surface area contributed by atoms with Gasteiger partial charge in [0.05, 0.1) is 30.6 Å². The molecule has 1 heterocycles. The Morgan fingerprint density at radius 1 is 1.00 bits per heavy atom. The molecule has 0 radical (unpaired) electrons. The molecule has 0 aromatic heterocycles. The van der Waals surface area contributed by atoms with Crippen LogP contribution in [-0.4, -0.2) is 43.1 Å². The smallest absolute Gasteiger partial charge is 0.269 e. The zero-order valence-corrected chi connectivity index (χ0v) is 21.5. The van der Waals surface area contributed by atoms with Gasteiger partial charge in [-0.15, -0.1) is 0 Å². The van der Waals surface area contributed by atoms with Crippen LogP contribution in [-0.2, 0) is 11.2 Å². The summed E-state index contributed by atoms with van der Waals surface area (Å²) in [4.78, 5) is 27.1. The van der Waals surface area contributed by atoms with E-state index in [2.05, 4.69) is 4.90 Å². The third kappa shape index (κ3) is 4.20. The molecule has 2 aromatic rings. The van der Waals surface area contributed by atoms with Crippen LogP contribution in [0.25, 0.3) is 0 Å². The second kappa shape index (κ2) is 9.23. The maximum Gasteiger partial charge on any atom is 0.269 e. The molecule has 4 saturated carbocycles. The van der Waals surface area contributed by atoms with E-state index in [1.807, 2.05) is 12.1 Å². The van der Waals surface area contributed by atoms with Gasteiger partial charge in [0.2, 0.25) is 5.91 Å². The minimum Gasteiger partial charge on any atom is -0.493 e. The van der Waals surface area contributed by atoms with Crippen molar-refractivity contribution in [3.8, 4) is 17.2 Å². The summed E-state index contributed by atoms with van der Waals surface area (Å²) in [6.07, 6.45) is 7.67. The minimum absolute atomic E-state index is 0.0193. The van der Waals surface area contributed by atoms with Crippen molar-refractivity contribution in [1.82, 2.24) is 4.90 Å². The number of carbonyl (C=O) groups excluding carboxylic acids is 1. The van der Waals surface area contributed by atoms with Gasteiger partial charge >= 0.3 is 0 Å². The third-order valence-electron chi connectivity index (χ3n) is 9.21. The lowest BCUT2D eigenvalue weighted by atomic mass is 9.49. The largest absolute Gasteiger partial charge is 0.493 e. The van der Waals surface area contributed by atoms with E-state index in [9.17, 15) is 14.9 Å². The summed E-state index contributed by atoms with van der Waals surface area (Å²) >= 11 is 0. The standard InChI is InChI=1S/C29H34N2O6/c1-35-26-12-21-7-8-30(28(32)29-14-18-9-19(15-29)11-20(10-18)16-29)25(24(21)13-27(26)36-2)17-37-23-5-3-22(4-6-23)31(33)34/h3-6,12-13,18-20,25H,7-11,14-17H2,1-2H3/t18?,19?,20?,25-,29?/m1/s1. The Morgan fingerprint density at radius 3 is 2.16 bits per heavy atom. The van der Waals surface area contributed by atoms with Crippen LogP contribution >= 0.6 is 0 Å². The number of hydrogen-bond donors (Lipinski definition) is 0. The summed E-state index contributed by atoms with van der Waals surface area (Å²) in [5.74, 6) is 4.19. The Labute approximate surface area is 217 Å². The predicted molar refractivity (Wildman–Crippen MR) is 137 cm³/mol. The van der Waals surface area contributed by atoms with Crippen molar-refractivity contribution >= 4 is 11.6 Å². The lowest BCUT2D eigenvalue weighted by molar-refractivity contribution is -0.384. The van der Waals surface area contributed by atoms with E-state index in [-0.39, 0.29) is 29.7 Å². The third-order valence-corrected chi connectivity index (χ3v) is 9.21. The van der Waals surface area contributed by atoms with Crippen LogP contribution < -0.4 is 14.2 Å². The van der Waals surface area contributed by atoms with Crippen LogP contribution in [0.4, 0.5) is 5.69 Å². The van der Waals surface area contributed by atoms with Gasteiger partial charge in [-0.3, -0.25) is 14.9 Å². The highest BCUT2D eigenvalue weighted by Gasteiger charge is 2.56. The van der Waals surface area contributed by atoms with E-state index in [0.29, 0.717) is 41.5 Å². The van der Waals surface area contributed by atoms with Gasteiger partial charge in [-0.2, -0.15) is 0 Å². The molecule has 2 aromatic carbocycles. The van der Waals surface area contributed by atoms with Gasteiger partial charge in [-0.05, 0) is 98.1 Å². The van der Waals surface area contributed by atoms with Gasteiger partial charge in [-0.1, -0.05) is 0 Å². The first-order valence-electron chi connectivity index (χ1n) is 13.3. The number of ether oxygens (including phenoxy) is 3. The quantitative estimate of drug-likeness (QED) is 0.372. The molecule has 0 spiro atoms. The number of amides is 1. The first-order valence-corrected chi connectivity index (χ1v) is 13.3. The van der Waals surface area contributed by atoms with Crippen molar-refractivity contribution in [2.24, 2.45) is 23.2 Å². The highest BCUT2D eigenvalue weighted by Crippen LogP contribution is 2.61. The van der Waals surface area contributed by atoms with Crippen LogP contribution in [0, 0.1) is 33.3 Å². The molecule has 0 saturated heterocycles. The number of nitro benzene ring substituents is 1. The van der Waals surface area contributed by atoms with Crippen LogP contribution in [0.3, 0.4) is 0 Å². The van der Waals surface area contributed by atoms with E-state index >= 15 is 0 Å². The predicted octanol–water partition coefficient (Wildman–Crippen LogP) is 5.33. The number of non-ortho nitro benzene ring substituents is 1. The normalized spacial score (nSPS) is 29.5. The zero-order chi connectivity index (χ0) is 25.7. The average Bonchev–Trinajstić information content (AvgIpc) is 2.89. The molecule has 7 rings (SSSR count). The van der Waals surface area contributed by atoms with E-state index < -0.39 is 4.92 Å². The molecule has 196 valence electrons. The monoisotopic (exact) mass is 506 g/mol. The zero-order valence-electron chi connectivity index (χ0n) is 21.5. The second-order valence-electron chi connectivity index (χ2n) is 11.4. The molecule has 4 aliphatic carbocycles. The number of nitro groups is 1. The van der Waals surface area contributed by atoms with Crippen molar-refractivity contribution in [3.63, 3.8) is 0 Å². The summed E-state index contributed by atoms with van der Waals surface area (Å²) in [5, 5.41) is 11.0. The summed E-state index contributed by atoms with van der Waals surface area (Å²) in [7, 11) is 3.25. The molecule has 8 nitrogen and oxygen atoms in total. The number of nitrogens with zero attached hydrogens (tertiary/aromatic N) is 2. The first-order chi connectivity index (χ1) is 17.9. The Balaban J connectivity index is 1.32. The molecule has 1 atom stereocenters. The fourth-order valence-electron chi connectivity index (χ4n) is 7.97. The van der Waals surface area contributed by atoms with E-state index in [0.717, 1.165) is 36.8 Å². The highest BCUT2D eigenvalue weighted by molar-refractivity contribution is 5.84. The first kappa shape index (κ1) is 24.1. The Hall–Kier alpha value is -3.29. The van der Waals surface area contributed by atoms with E-state index in [1.165, 1.54) is 31.4 Å². The summed E-state index contributed by atoms with van der Waals surface area (Å²) in [6, 6.07) is 9.83. The van der Waals surface area contributed by atoms with Crippen molar-refractivity contribution in [2.45, 2.75) is 51.0 Å². The van der Waals surface area contributed by atoms with Crippen LogP contribution in [0.5, 0.6) is 17.2 Å². The molecular weight excluding hydrogens is 472 g/mol. The number of carbonyl (C=O) groups is 1. The topological polar surface area (TPSA) is 91.1 Å². The molecular formula is C29H34N2O6. The van der Waals surface area contributed by atoms with Crippen molar-refractivity contribution < 1.29 is 23.9 Å². The van der Waals surface area contributed by atoms with Crippen molar-refractivity contribution in [1.29, 1.82) is 0 Å². The fraction of sp³-hybridized carbons (Fsp3) is 0.552. The van der Waals surface area contributed by atoms with Crippen molar-refractivity contribution in [2.75, 3.05) is 27.4 Å². The lowest BCUT2D eigenvalue weighted by Crippen LogP contribution is -2.56. The van der Waals surface area contributed by atoms with E-state index in [4.69, 9.17) is 14.2 Å². The van der Waals surface area contributed by atoms with Gasteiger partial charge in [0.25, 0.3) is 5.69 Å². The Kier molecular flexibility index (Phi) is 6.00. The van der Waals surface area contributed by atoms with E-state index in [1.54, 1.807) is 26.4 Å². The molecule has 8 heteroatoms. The van der Waals surface area contributed by atoms with Gasteiger partial charge < -0.3 is 19.1 Å². The van der Waals surface area contributed by atoms with Crippen molar-refractivity contribution in [3.05, 3.63) is 57.6 Å². The minimum atomic E-state index is -0.424. The molecule has 1 aliphatic heterocycles. The molecule has 1 amide bonds. The lowest BCUT2D eigenvalue weighted by Gasteiger charge is -2.57. The fourth-order valence-corrected chi connectivity index (χ4v) is 7.97. The molecule has 4 bridgehead atoms. The molecule has 0 unspecified atom stereocenters. The average molecular weight is 507 g/mol. The Morgan fingerprint density at radius 2 is 1.59 bits per heavy atom. The number of fused-ring (bicyclic) bond motifs is 1. The van der Waals surface area contributed by atoms with Crippen LogP contribution in [0.1, 0.15) is 55.7 Å². The number of hydrogen-bond acceptors (Lipinski definition) is 6. The SMILES string of the molecule is COc1cc2c(cc1OC)[C@@H](COc1ccc([N+](=O)[O-])cc1)N(C(=O)C13CC4CC(CC(C4)C1)C3)CC2. The van der Waals surface area contributed by atoms with Gasteiger partial charge in [0.15, 0.2) is 11.5 Å². The molecule has 0 N–H and O–H groups in total. The van der Waals surface area contributed by atoms with Crippen LogP contribution in [0.2, 0.25) is 0 Å². The summed E-state index contributed by atoms with van der Waals surface area (Å²) in [6.45, 7) is 0.899. The van der Waals surface area contributed by atoms with Crippen LogP contribution in [0.15, 0.2) is 36.4 Å². The maximum absolute atomic E-state index is 14.4. The number of methoxy groups -OCH3 is 2. The second-order valence-corrected chi connectivity index (χ2v) is 11.4. The van der Waals surface area contributed by atoms with Gasteiger partial charge in [0.1, 0.15) is 12.4 Å². The summed E-state index contributed by atoms with van der Waals surface area (Å²) in [5.41, 5.74) is 1.92. The number of rotatable bonds is 7. The Bertz CT molecular complexity index is 1170. The molecule has 37 heavy (non-hydrogen) atoms. The number of benzene rings is 2. The molecule has 5 aliphatic rings. The van der Waals surface area contributed by atoms with Gasteiger partial charge in [-0.25, -0.2) is 0 Å². The molecule has 4 fully saturated rings. The summed E-state index contributed by atoms with van der Waals surface area (Å²) < 4.78 is 17.3.